The quantitative estimate of drug-likeness (QED) is 0.0773. The van der Waals surface area contributed by atoms with Crippen LogP contribution in [0.5, 0.6) is 0 Å². The first-order chi connectivity index (χ1) is 19.1. The van der Waals surface area contributed by atoms with Crippen LogP contribution in [0.3, 0.4) is 0 Å². The van der Waals surface area contributed by atoms with E-state index >= 15 is 0 Å². The van der Waals surface area contributed by atoms with Gasteiger partial charge in [0, 0.05) is 35.0 Å². The zero-order valence-corrected chi connectivity index (χ0v) is 23.5. The molecule has 39 heavy (non-hydrogen) atoms. The normalized spacial score (nSPS) is 22.6. The van der Waals surface area contributed by atoms with Crippen LogP contribution >= 0.6 is 0 Å². The van der Waals surface area contributed by atoms with E-state index in [2.05, 4.69) is 30.7 Å². The van der Waals surface area contributed by atoms with Crippen LogP contribution in [0.15, 0.2) is 10.2 Å². The number of amides is 2. The minimum absolute atomic E-state index is 0.114. The molecule has 2 saturated carbocycles. The highest BCUT2D eigenvalue weighted by atomic mass is 16.6. The Morgan fingerprint density at radius 1 is 0.641 bits per heavy atom. The molecule has 2 rings (SSSR count). The third kappa shape index (κ3) is 14.8. The number of carbonyl (C=O) groups excluding carboxylic acids is 2. The molecule has 2 amide bonds. The molecule has 2 aliphatic carbocycles. The van der Waals surface area contributed by atoms with Gasteiger partial charge >= 0.3 is 12.2 Å². The van der Waals surface area contributed by atoms with E-state index < -0.39 is 0 Å². The first-order valence-electron chi connectivity index (χ1n) is 15.0. The maximum absolute atomic E-state index is 12.5. The first kappa shape index (κ1) is 32.4. The smallest absolute Gasteiger partial charge is 0.407 e. The molecule has 0 heterocycles. The van der Waals surface area contributed by atoms with Crippen LogP contribution in [0.4, 0.5) is 9.59 Å². The molecule has 0 spiro atoms. The molecule has 2 fully saturated rings. The minimum atomic E-state index is -0.333. The zero-order valence-electron chi connectivity index (χ0n) is 23.5. The second kappa shape index (κ2) is 21.0. The van der Waals surface area contributed by atoms with Crippen LogP contribution in [0.1, 0.15) is 109 Å². The van der Waals surface area contributed by atoms with Gasteiger partial charge in [0.05, 0.1) is 13.2 Å². The van der Waals surface area contributed by atoms with E-state index in [1.165, 1.54) is 12.8 Å². The Morgan fingerprint density at radius 3 is 1.49 bits per heavy atom. The summed E-state index contributed by atoms with van der Waals surface area (Å²) in [5.41, 5.74) is 16.6. The van der Waals surface area contributed by atoms with Gasteiger partial charge in [-0.25, -0.2) is 9.59 Å². The number of unbranched alkanes of at least 4 members (excludes halogenated alkanes) is 6. The van der Waals surface area contributed by atoms with Gasteiger partial charge in [0.2, 0.25) is 0 Å². The summed E-state index contributed by atoms with van der Waals surface area (Å²) in [7, 11) is 0. The SMILES string of the molecule is [N-]=[N+]=NCCCCCCOC(=O)NC1CCCCC1CC1CCCCC1NC(=O)OCCCCCCN=[N+]=[N-]. The van der Waals surface area contributed by atoms with Crippen molar-refractivity contribution < 1.29 is 19.1 Å². The van der Waals surface area contributed by atoms with E-state index in [-0.39, 0.29) is 24.3 Å². The number of nitrogens with one attached hydrogen (secondary N) is 2. The van der Waals surface area contributed by atoms with Gasteiger partial charge in [-0.15, -0.1) is 0 Å². The molecule has 12 nitrogen and oxygen atoms in total. The predicted octanol–water partition coefficient (Wildman–Crippen LogP) is 7.69. The molecule has 0 radical (unpaired) electrons. The Balaban J connectivity index is 1.69. The lowest BCUT2D eigenvalue weighted by Crippen LogP contribution is -2.47. The number of hydrogen-bond donors (Lipinski definition) is 2. The Bertz CT molecular complexity index is 737. The lowest BCUT2D eigenvalue weighted by molar-refractivity contribution is 0.115. The van der Waals surface area contributed by atoms with E-state index in [9.17, 15) is 9.59 Å². The van der Waals surface area contributed by atoms with Gasteiger partial charge in [0.1, 0.15) is 0 Å². The largest absolute Gasteiger partial charge is 0.450 e. The number of alkyl carbamates (subject to hydrolysis) is 2. The van der Waals surface area contributed by atoms with E-state index in [0.717, 1.165) is 96.3 Å². The van der Waals surface area contributed by atoms with Crippen molar-refractivity contribution in [2.75, 3.05) is 26.3 Å². The molecular formula is C27H48N8O4. The number of carbonyl (C=O) groups is 2. The molecule has 4 atom stereocenters. The van der Waals surface area contributed by atoms with E-state index in [1.54, 1.807) is 0 Å². The maximum atomic E-state index is 12.5. The summed E-state index contributed by atoms with van der Waals surface area (Å²) in [6.45, 7) is 1.83. The van der Waals surface area contributed by atoms with Crippen molar-refractivity contribution in [2.45, 2.75) is 121 Å². The molecule has 12 heteroatoms. The summed E-state index contributed by atoms with van der Waals surface area (Å²) in [6.07, 6.45) is 16.1. The van der Waals surface area contributed by atoms with E-state index in [4.69, 9.17) is 20.5 Å². The number of ether oxygens (including phenoxy) is 2. The fraction of sp³-hybridized carbons (Fsp3) is 0.926. The summed E-state index contributed by atoms with van der Waals surface area (Å²) in [5.74, 6) is 0.779. The van der Waals surface area contributed by atoms with E-state index in [0.29, 0.717) is 38.1 Å². The third-order valence-corrected chi connectivity index (χ3v) is 7.93. The van der Waals surface area contributed by atoms with Gasteiger partial charge < -0.3 is 20.1 Å². The highest BCUT2D eigenvalue weighted by Gasteiger charge is 2.34. The predicted molar refractivity (Wildman–Crippen MR) is 150 cm³/mol. The number of hydrogen-bond acceptors (Lipinski definition) is 6. The van der Waals surface area contributed by atoms with Gasteiger partial charge in [-0.3, -0.25) is 0 Å². The zero-order chi connectivity index (χ0) is 28.0. The van der Waals surface area contributed by atoms with Gasteiger partial charge in [0.15, 0.2) is 0 Å². The number of rotatable bonds is 18. The number of nitrogens with zero attached hydrogens (tertiary/aromatic N) is 6. The van der Waals surface area contributed by atoms with Crippen molar-refractivity contribution in [3.63, 3.8) is 0 Å². The molecule has 2 aliphatic rings. The lowest BCUT2D eigenvalue weighted by atomic mass is 9.73. The average Bonchev–Trinajstić information content (AvgIpc) is 2.94. The van der Waals surface area contributed by atoms with Gasteiger partial charge in [0.25, 0.3) is 0 Å². The van der Waals surface area contributed by atoms with Crippen LogP contribution in [-0.2, 0) is 9.47 Å². The standard InChI is InChI=1S/C27H48N8O4/c28-34-30-17-9-1-3-11-19-38-26(36)32-24-15-7-5-13-22(24)21-23-14-6-8-16-25(23)33-27(37)39-20-12-4-2-10-18-31-35-29/h22-25H,1-21H2,(H,32,36)(H,33,37). The Hall–Kier alpha value is -2.84. The average molecular weight is 549 g/mol. The van der Waals surface area contributed by atoms with Crippen LogP contribution in [-0.4, -0.2) is 50.6 Å². The molecule has 0 aliphatic heterocycles. The van der Waals surface area contributed by atoms with Crippen molar-refractivity contribution in [3.8, 4) is 0 Å². The van der Waals surface area contributed by atoms with Crippen molar-refractivity contribution in [3.05, 3.63) is 20.9 Å². The molecule has 0 saturated heterocycles. The molecule has 4 unspecified atom stereocenters. The molecule has 0 bridgehead atoms. The van der Waals surface area contributed by atoms with Crippen LogP contribution < -0.4 is 10.6 Å². The molecule has 2 N–H and O–H groups in total. The molecule has 220 valence electrons. The van der Waals surface area contributed by atoms with E-state index in [1.807, 2.05) is 0 Å². The van der Waals surface area contributed by atoms with Crippen molar-refractivity contribution in [2.24, 2.45) is 22.1 Å². The topological polar surface area (TPSA) is 174 Å². The third-order valence-electron chi connectivity index (χ3n) is 7.93. The highest BCUT2D eigenvalue weighted by molar-refractivity contribution is 5.68. The number of azide groups is 2. The van der Waals surface area contributed by atoms with Crippen molar-refractivity contribution in [1.29, 1.82) is 0 Å². The van der Waals surface area contributed by atoms with Gasteiger partial charge in [-0.05, 0) is 80.7 Å². The molecule has 0 aromatic rings. The Kier molecular flexibility index (Phi) is 17.5. The maximum Gasteiger partial charge on any atom is 0.407 e. The van der Waals surface area contributed by atoms with Crippen LogP contribution in [0.25, 0.3) is 20.9 Å². The summed E-state index contributed by atoms with van der Waals surface area (Å²) < 4.78 is 10.9. The summed E-state index contributed by atoms with van der Waals surface area (Å²) in [6, 6.07) is 0.229. The minimum Gasteiger partial charge on any atom is -0.450 e. The first-order valence-corrected chi connectivity index (χ1v) is 15.0. The summed E-state index contributed by atoms with van der Waals surface area (Å²) >= 11 is 0. The Labute approximate surface area is 232 Å². The fourth-order valence-electron chi connectivity index (χ4n) is 5.83. The fourth-order valence-corrected chi connectivity index (χ4v) is 5.83. The van der Waals surface area contributed by atoms with Crippen molar-refractivity contribution >= 4 is 12.2 Å². The molecule has 0 aromatic carbocycles. The molecular weight excluding hydrogens is 500 g/mol. The lowest BCUT2D eigenvalue weighted by Gasteiger charge is -2.38. The second-order valence-corrected chi connectivity index (χ2v) is 10.8. The summed E-state index contributed by atoms with van der Waals surface area (Å²) in [4.78, 5) is 30.4. The van der Waals surface area contributed by atoms with Crippen LogP contribution in [0, 0.1) is 11.8 Å². The van der Waals surface area contributed by atoms with Crippen molar-refractivity contribution in [1.82, 2.24) is 10.6 Å². The summed E-state index contributed by atoms with van der Waals surface area (Å²) in [5, 5.41) is 13.3. The highest BCUT2D eigenvalue weighted by Crippen LogP contribution is 2.36. The van der Waals surface area contributed by atoms with Crippen LogP contribution in [0.2, 0.25) is 0 Å². The van der Waals surface area contributed by atoms with Gasteiger partial charge in [-0.2, -0.15) is 0 Å². The second-order valence-electron chi connectivity index (χ2n) is 10.8. The monoisotopic (exact) mass is 548 g/mol. The molecule has 0 aromatic heterocycles. The Morgan fingerprint density at radius 2 is 1.05 bits per heavy atom. The van der Waals surface area contributed by atoms with Gasteiger partial charge in [-0.1, -0.05) is 61.6 Å².